The number of rotatable bonds is 8. The van der Waals surface area contributed by atoms with Gasteiger partial charge in [-0.25, -0.2) is 18.0 Å². The van der Waals surface area contributed by atoms with E-state index in [1.165, 1.54) is 13.8 Å². The number of hydrogen-bond donors (Lipinski definition) is 2. The predicted molar refractivity (Wildman–Crippen MR) is 135 cm³/mol. The van der Waals surface area contributed by atoms with Crippen molar-refractivity contribution in [2.24, 2.45) is 0 Å². The highest BCUT2D eigenvalue weighted by atomic mass is 19.1. The van der Waals surface area contributed by atoms with Gasteiger partial charge in [0.2, 0.25) is 0 Å². The molecule has 37 heavy (non-hydrogen) atoms. The van der Waals surface area contributed by atoms with Gasteiger partial charge in [-0.15, -0.1) is 0 Å². The number of aliphatic hydroxyl groups is 1. The fraction of sp³-hybridized carbons (Fsp3) is 0.357. The molecule has 0 saturated heterocycles. The molecule has 1 aliphatic heterocycles. The molecule has 0 radical (unpaired) electrons. The zero-order valence-corrected chi connectivity index (χ0v) is 21.0. The third-order valence-corrected chi connectivity index (χ3v) is 6.50. The van der Waals surface area contributed by atoms with Crippen molar-refractivity contribution in [2.45, 2.75) is 51.5 Å². The van der Waals surface area contributed by atoms with E-state index < -0.39 is 29.3 Å². The molecule has 2 atom stereocenters. The van der Waals surface area contributed by atoms with Crippen molar-refractivity contribution >= 4 is 12.0 Å². The molecule has 0 saturated carbocycles. The first-order valence-electron chi connectivity index (χ1n) is 12.1. The summed E-state index contributed by atoms with van der Waals surface area (Å²) in [6, 6.07) is 6.74. The van der Waals surface area contributed by atoms with Gasteiger partial charge in [-0.1, -0.05) is 18.2 Å². The quantitative estimate of drug-likeness (QED) is 0.415. The largest absolute Gasteiger partial charge is 0.478 e. The maximum absolute atomic E-state index is 15.5. The first-order chi connectivity index (χ1) is 17.5. The smallest absolute Gasteiger partial charge is 0.328 e. The molecule has 2 N–H and O–H groups in total. The van der Waals surface area contributed by atoms with Gasteiger partial charge in [0.05, 0.1) is 25.4 Å². The van der Waals surface area contributed by atoms with Crippen molar-refractivity contribution < 1.29 is 28.2 Å². The van der Waals surface area contributed by atoms with Crippen molar-refractivity contribution in [1.29, 1.82) is 0 Å². The summed E-state index contributed by atoms with van der Waals surface area (Å²) in [6.45, 7) is 5.08. The van der Waals surface area contributed by atoms with Crippen molar-refractivity contribution in [1.82, 2.24) is 14.7 Å². The molecule has 4 rings (SSSR count). The summed E-state index contributed by atoms with van der Waals surface area (Å²) in [5.41, 5.74) is 1.57. The van der Waals surface area contributed by atoms with Crippen molar-refractivity contribution in [2.75, 3.05) is 13.2 Å². The second-order valence-corrected chi connectivity index (χ2v) is 10.0. The Balaban J connectivity index is 1.82. The standard InChI is InChI=1S/C28H30F3N3O3/c1-17-10-20-13-19(21-14-32-33(15-21)8-9-35)5-6-22(20)27(34(17)16-28(2,3)31)26-23(29)11-18(12-24(26)30)4-7-25(36)37/h4-7,11-15,17,27,35H,8-10,16H2,1-3H3,(H,36,37)/b7-4+/t17-,27+/m0/s1. The molecule has 9 heteroatoms. The van der Waals surface area contributed by atoms with Gasteiger partial charge >= 0.3 is 5.97 Å². The van der Waals surface area contributed by atoms with Gasteiger partial charge in [0, 0.05) is 36.0 Å². The zero-order valence-electron chi connectivity index (χ0n) is 21.0. The Morgan fingerprint density at radius 3 is 2.51 bits per heavy atom. The second-order valence-electron chi connectivity index (χ2n) is 10.0. The van der Waals surface area contributed by atoms with Crippen LogP contribution in [0.15, 0.2) is 48.8 Å². The predicted octanol–water partition coefficient (Wildman–Crippen LogP) is 5.00. The minimum atomic E-state index is -1.61. The number of carbonyl (C=O) groups is 1. The Morgan fingerprint density at radius 2 is 1.89 bits per heavy atom. The third-order valence-electron chi connectivity index (χ3n) is 6.50. The fourth-order valence-corrected chi connectivity index (χ4v) is 4.97. The van der Waals surface area contributed by atoms with Crippen LogP contribution in [0.1, 0.15) is 49.1 Å². The van der Waals surface area contributed by atoms with Crippen molar-refractivity contribution in [3.05, 3.63) is 82.7 Å². The van der Waals surface area contributed by atoms with E-state index in [-0.39, 0.29) is 30.3 Å². The van der Waals surface area contributed by atoms with Gasteiger partial charge in [0.25, 0.3) is 0 Å². The van der Waals surface area contributed by atoms with Crippen LogP contribution in [0.5, 0.6) is 0 Å². The fourth-order valence-electron chi connectivity index (χ4n) is 4.97. The molecule has 1 aliphatic rings. The number of aliphatic hydroxyl groups excluding tert-OH is 1. The van der Waals surface area contributed by atoms with Crippen LogP contribution in [-0.2, 0) is 17.8 Å². The number of fused-ring (bicyclic) bond motifs is 1. The second kappa shape index (κ2) is 10.5. The molecule has 0 amide bonds. The van der Waals surface area contributed by atoms with E-state index in [9.17, 15) is 9.18 Å². The molecular weight excluding hydrogens is 483 g/mol. The minimum absolute atomic E-state index is 0.0342. The number of halogens is 3. The van der Waals surface area contributed by atoms with E-state index in [2.05, 4.69) is 5.10 Å². The SMILES string of the molecule is C[C@H]1Cc2cc(-c3cnn(CCO)c3)ccc2[C@H](c2c(F)cc(/C=C/C(=O)O)cc2F)N1CC(C)(C)F. The molecule has 3 aromatic rings. The number of benzene rings is 2. The first-order valence-corrected chi connectivity index (χ1v) is 12.1. The molecule has 0 unspecified atom stereocenters. The number of hydrogen-bond acceptors (Lipinski definition) is 4. The third kappa shape index (κ3) is 5.94. The summed E-state index contributed by atoms with van der Waals surface area (Å²) in [4.78, 5) is 12.6. The summed E-state index contributed by atoms with van der Waals surface area (Å²) in [6.07, 6.45) is 6.02. The van der Waals surface area contributed by atoms with Crippen LogP contribution in [0.2, 0.25) is 0 Å². The summed E-state index contributed by atoms with van der Waals surface area (Å²) in [5.74, 6) is -2.88. The zero-order chi connectivity index (χ0) is 26.9. The average Bonchev–Trinajstić information content (AvgIpc) is 3.27. The number of aliphatic carboxylic acids is 1. The molecule has 6 nitrogen and oxygen atoms in total. The van der Waals surface area contributed by atoms with E-state index >= 15 is 8.78 Å². The number of alkyl halides is 1. The van der Waals surface area contributed by atoms with Gasteiger partial charge in [0.15, 0.2) is 0 Å². The van der Waals surface area contributed by atoms with E-state index in [1.807, 2.05) is 31.3 Å². The highest BCUT2D eigenvalue weighted by Gasteiger charge is 2.39. The van der Waals surface area contributed by atoms with Crippen LogP contribution in [0.3, 0.4) is 0 Å². The van der Waals surface area contributed by atoms with Crippen LogP contribution in [0.25, 0.3) is 17.2 Å². The molecular formula is C28H30F3N3O3. The van der Waals surface area contributed by atoms with Gasteiger partial charge in [-0.05, 0) is 67.7 Å². The Bertz CT molecular complexity index is 1310. The molecule has 196 valence electrons. The lowest BCUT2D eigenvalue weighted by Gasteiger charge is -2.44. The van der Waals surface area contributed by atoms with Gasteiger partial charge in [-0.2, -0.15) is 5.10 Å². The van der Waals surface area contributed by atoms with E-state index in [1.54, 1.807) is 15.8 Å². The Morgan fingerprint density at radius 1 is 1.19 bits per heavy atom. The summed E-state index contributed by atoms with van der Waals surface area (Å²) >= 11 is 0. The average molecular weight is 514 g/mol. The monoisotopic (exact) mass is 513 g/mol. The number of nitrogens with zero attached hydrogens (tertiary/aromatic N) is 3. The maximum atomic E-state index is 15.5. The van der Waals surface area contributed by atoms with Crippen LogP contribution in [-0.4, -0.2) is 55.7 Å². The first kappa shape index (κ1) is 26.6. The lowest BCUT2D eigenvalue weighted by Crippen LogP contribution is -2.48. The molecule has 0 fully saturated rings. The van der Waals surface area contributed by atoms with E-state index in [4.69, 9.17) is 10.2 Å². The number of carboxylic acid groups (broad SMARTS) is 1. The normalized spacial score (nSPS) is 18.4. The highest BCUT2D eigenvalue weighted by molar-refractivity contribution is 5.85. The van der Waals surface area contributed by atoms with Crippen molar-refractivity contribution in [3.8, 4) is 11.1 Å². The number of aromatic nitrogens is 2. The highest BCUT2D eigenvalue weighted by Crippen LogP contribution is 2.42. The summed E-state index contributed by atoms with van der Waals surface area (Å²) in [5, 5.41) is 22.3. The topological polar surface area (TPSA) is 78.6 Å². The summed E-state index contributed by atoms with van der Waals surface area (Å²) in [7, 11) is 0. The maximum Gasteiger partial charge on any atom is 0.328 e. The van der Waals surface area contributed by atoms with Crippen LogP contribution in [0.4, 0.5) is 13.2 Å². The van der Waals surface area contributed by atoms with Gasteiger partial charge < -0.3 is 10.2 Å². The van der Waals surface area contributed by atoms with Crippen LogP contribution >= 0.6 is 0 Å². The van der Waals surface area contributed by atoms with E-state index in [0.717, 1.165) is 41.0 Å². The van der Waals surface area contributed by atoms with E-state index in [0.29, 0.717) is 18.5 Å². The van der Waals surface area contributed by atoms with Crippen molar-refractivity contribution in [3.63, 3.8) is 0 Å². The van der Waals surface area contributed by atoms with Gasteiger partial charge in [0.1, 0.15) is 17.3 Å². The van der Waals surface area contributed by atoms with Crippen LogP contribution in [0, 0.1) is 11.6 Å². The number of carboxylic acids is 1. The Kier molecular flexibility index (Phi) is 7.57. The minimum Gasteiger partial charge on any atom is -0.478 e. The summed E-state index contributed by atoms with van der Waals surface area (Å²) < 4.78 is 47.5. The molecule has 0 aliphatic carbocycles. The van der Waals surface area contributed by atoms with Gasteiger partial charge in [-0.3, -0.25) is 9.58 Å². The molecule has 0 bridgehead atoms. The molecule has 1 aromatic heterocycles. The van der Waals surface area contributed by atoms with Crippen LogP contribution < -0.4 is 0 Å². The molecule has 2 heterocycles. The Hall–Kier alpha value is -3.43. The molecule has 2 aromatic carbocycles. The molecule has 0 spiro atoms. The lowest BCUT2D eigenvalue weighted by atomic mass is 9.82. The Labute approximate surface area is 213 Å². The lowest BCUT2D eigenvalue weighted by molar-refractivity contribution is -0.131.